The number of Topliss-reactive ketones (excluding diaryl/α,β-unsaturated/α-hetero) is 2. The van der Waals surface area contributed by atoms with E-state index >= 15 is 0 Å². The molecule has 0 aromatic heterocycles. The van der Waals surface area contributed by atoms with Gasteiger partial charge >= 0.3 is 12.2 Å². The SMILES string of the molecule is C=CCOC(=O)N1c2cc(OCCCC(C)=O)c(C)cc2C(=O)N2CCCC[C@H]2C1O.C=CCOC(=O)Nc1cc(OCCCC(C)=O)c(C)cc1C(=O)N1CCCC[C@H]1CO. The number of amides is 4. The van der Waals surface area contributed by atoms with Crippen LogP contribution in [-0.4, -0.2) is 120 Å². The van der Waals surface area contributed by atoms with Crippen molar-refractivity contribution >= 4 is 46.9 Å². The zero-order chi connectivity index (χ0) is 45.3. The first-order chi connectivity index (χ1) is 29.7. The fourth-order valence-corrected chi connectivity index (χ4v) is 7.62. The number of aryl methyl sites for hydroxylation is 2. The van der Waals surface area contributed by atoms with Gasteiger partial charge in [0.2, 0.25) is 0 Å². The minimum Gasteiger partial charge on any atom is -0.493 e. The van der Waals surface area contributed by atoms with Crippen molar-refractivity contribution in [1.29, 1.82) is 0 Å². The first-order valence-electron chi connectivity index (χ1n) is 21.3. The van der Waals surface area contributed by atoms with Crippen LogP contribution in [-0.2, 0) is 19.1 Å². The number of aliphatic hydroxyl groups is 2. The lowest BCUT2D eigenvalue weighted by molar-refractivity contribution is -0.118. The zero-order valence-corrected chi connectivity index (χ0v) is 36.4. The molecule has 3 atom stereocenters. The van der Waals surface area contributed by atoms with E-state index in [0.29, 0.717) is 81.0 Å². The molecule has 0 spiro atoms. The smallest absolute Gasteiger partial charge is 0.416 e. The van der Waals surface area contributed by atoms with Gasteiger partial charge in [-0.05, 0) is 102 Å². The second-order valence-corrected chi connectivity index (χ2v) is 15.7. The average Bonchev–Trinajstić information content (AvgIpc) is 3.34. The molecule has 3 heterocycles. The van der Waals surface area contributed by atoms with Gasteiger partial charge in [-0.25, -0.2) is 14.5 Å². The average molecular weight is 863 g/mol. The Morgan fingerprint density at radius 2 is 1.42 bits per heavy atom. The third-order valence-electron chi connectivity index (χ3n) is 10.8. The fourth-order valence-electron chi connectivity index (χ4n) is 7.62. The van der Waals surface area contributed by atoms with Gasteiger partial charge in [0.25, 0.3) is 11.8 Å². The topological polar surface area (TPSA) is 202 Å². The van der Waals surface area contributed by atoms with Gasteiger partial charge in [0.15, 0.2) is 6.23 Å². The van der Waals surface area contributed by atoms with Crippen molar-refractivity contribution in [3.05, 3.63) is 71.8 Å². The maximum Gasteiger partial charge on any atom is 0.416 e. The summed E-state index contributed by atoms with van der Waals surface area (Å²) in [6, 6.07) is 5.82. The quantitative estimate of drug-likeness (QED) is 0.113. The lowest BCUT2D eigenvalue weighted by Gasteiger charge is -2.38. The number of fused-ring (bicyclic) bond motifs is 2. The summed E-state index contributed by atoms with van der Waals surface area (Å²) in [4.78, 5) is 78.4. The molecule has 2 aromatic rings. The van der Waals surface area contributed by atoms with E-state index in [1.165, 1.54) is 26.0 Å². The standard InChI is InChI=1S/C23H30N2O6.C23H32N2O6/c1-4-11-31-23(29)25-19-14-20(30-12-7-8-16(3)26)15(2)13-17(19)21(27)24-10-6-5-9-18(24)22(25)28;1-4-11-31-23(29)24-20-14-21(30-12-7-8-17(3)27)16(2)13-19(20)22(28)25-10-6-5-9-18(25)15-26/h4,13-14,18,22,28H,1,5-12H2,2-3H3;4,13-14,18,26H,1,5-12,15H2,2-3H3,(H,24,29)/t18-,22?;18-/m00/s1. The number of piperidine rings is 2. The summed E-state index contributed by atoms with van der Waals surface area (Å²) < 4.78 is 21.9. The Kier molecular flexibility index (Phi) is 19.0. The molecule has 16 nitrogen and oxygen atoms in total. The number of anilines is 2. The van der Waals surface area contributed by atoms with Crippen LogP contribution in [0, 0.1) is 13.8 Å². The van der Waals surface area contributed by atoms with Crippen molar-refractivity contribution in [2.45, 2.75) is 110 Å². The van der Waals surface area contributed by atoms with E-state index in [-0.39, 0.29) is 60.6 Å². The van der Waals surface area contributed by atoms with E-state index < -0.39 is 24.5 Å². The predicted octanol–water partition coefficient (Wildman–Crippen LogP) is 6.66. The van der Waals surface area contributed by atoms with E-state index in [1.807, 2.05) is 13.8 Å². The van der Waals surface area contributed by atoms with Crippen molar-refractivity contribution in [3.63, 3.8) is 0 Å². The van der Waals surface area contributed by atoms with Crippen molar-refractivity contribution in [2.24, 2.45) is 0 Å². The monoisotopic (exact) mass is 862 g/mol. The maximum absolute atomic E-state index is 13.3. The second kappa shape index (κ2) is 24.0. The van der Waals surface area contributed by atoms with E-state index in [1.54, 1.807) is 34.1 Å². The Hall–Kier alpha value is -5.74. The molecule has 2 fully saturated rings. The minimum absolute atomic E-state index is 0.0139. The van der Waals surface area contributed by atoms with Crippen LogP contribution >= 0.6 is 0 Å². The van der Waals surface area contributed by atoms with Crippen LogP contribution < -0.4 is 19.7 Å². The molecule has 3 aliphatic rings. The molecule has 2 saturated heterocycles. The number of rotatable bonds is 17. The lowest BCUT2D eigenvalue weighted by Crippen LogP contribution is -2.55. The minimum atomic E-state index is -1.24. The number of likely N-dealkylation sites (tertiary alicyclic amines) is 1. The maximum atomic E-state index is 13.3. The van der Waals surface area contributed by atoms with Gasteiger partial charge in [-0.2, -0.15) is 0 Å². The van der Waals surface area contributed by atoms with Gasteiger partial charge in [-0.3, -0.25) is 14.9 Å². The van der Waals surface area contributed by atoms with Crippen LogP contribution in [0.1, 0.15) is 110 Å². The molecular weight excluding hydrogens is 801 g/mol. The summed E-state index contributed by atoms with van der Waals surface area (Å²) >= 11 is 0. The molecular formula is C46H62N4O12. The predicted molar refractivity (Wildman–Crippen MR) is 233 cm³/mol. The molecule has 5 rings (SSSR count). The molecule has 0 radical (unpaired) electrons. The summed E-state index contributed by atoms with van der Waals surface area (Å²) in [5, 5.41) is 23.5. The molecule has 62 heavy (non-hydrogen) atoms. The van der Waals surface area contributed by atoms with Crippen molar-refractivity contribution in [1.82, 2.24) is 9.80 Å². The van der Waals surface area contributed by atoms with Crippen LogP contribution in [0.5, 0.6) is 11.5 Å². The molecule has 4 amide bonds. The molecule has 3 aliphatic heterocycles. The van der Waals surface area contributed by atoms with Gasteiger partial charge in [0.1, 0.15) is 36.3 Å². The Labute approximate surface area is 363 Å². The molecule has 338 valence electrons. The number of ketones is 2. The van der Waals surface area contributed by atoms with E-state index in [9.17, 15) is 39.0 Å². The molecule has 0 aliphatic carbocycles. The van der Waals surface area contributed by atoms with Gasteiger partial charge in [0, 0.05) is 38.1 Å². The summed E-state index contributed by atoms with van der Waals surface area (Å²) in [5.74, 6) is 0.700. The van der Waals surface area contributed by atoms with Gasteiger partial charge < -0.3 is 48.5 Å². The highest BCUT2D eigenvalue weighted by atomic mass is 16.6. The summed E-state index contributed by atoms with van der Waals surface area (Å²) in [6.07, 6.45) is 7.04. The van der Waals surface area contributed by atoms with Crippen LogP contribution in [0.2, 0.25) is 0 Å². The van der Waals surface area contributed by atoms with Crippen LogP contribution in [0.4, 0.5) is 21.0 Å². The summed E-state index contributed by atoms with van der Waals surface area (Å²) in [5.41, 5.74) is 2.63. The highest BCUT2D eigenvalue weighted by molar-refractivity contribution is 6.06. The number of nitrogens with zero attached hydrogens (tertiary/aromatic N) is 3. The number of aliphatic hydroxyl groups excluding tert-OH is 2. The fraction of sp³-hybridized carbons (Fsp3) is 0.522. The third-order valence-corrected chi connectivity index (χ3v) is 10.8. The number of hydrogen-bond donors (Lipinski definition) is 3. The number of carbonyl (C=O) groups is 6. The highest BCUT2D eigenvalue weighted by Crippen LogP contribution is 2.38. The summed E-state index contributed by atoms with van der Waals surface area (Å²) in [6.45, 7) is 15.4. The highest BCUT2D eigenvalue weighted by Gasteiger charge is 2.44. The van der Waals surface area contributed by atoms with Crippen LogP contribution in [0.3, 0.4) is 0 Å². The number of carbonyl (C=O) groups excluding carboxylic acids is 6. The molecule has 1 unspecified atom stereocenters. The third kappa shape index (κ3) is 13.1. The normalized spacial score (nSPS) is 18.1. The first kappa shape index (κ1) is 48.9. The largest absolute Gasteiger partial charge is 0.493 e. The molecule has 0 saturated carbocycles. The van der Waals surface area contributed by atoms with Crippen molar-refractivity contribution in [2.75, 3.05) is 56.3 Å². The Morgan fingerprint density at radius 3 is 2.05 bits per heavy atom. The first-order valence-corrected chi connectivity index (χ1v) is 21.3. The Morgan fingerprint density at radius 1 is 0.823 bits per heavy atom. The van der Waals surface area contributed by atoms with E-state index in [0.717, 1.165) is 48.1 Å². The number of ether oxygens (including phenoxy) is 4. The molecule has 16 heteroatoms. The molecule has 0 bridgehead atoms. The number of hydrogen-bond acceptors (Lipinski definition) is 12. The lowest BCUT2D eigenvalue weighted by atomic mass is 10.00. The van der Waals surface area contributed by atoms with E-state index in [2.05, 4.69) is 18.5 Å². The van der Waals surface area contributed by atoms with Crippen LogP contribution in [0.15, 0.2) is 49.6 Å². The van der Waals surface area contributed by atoms with Gasteiger partial charge in [-0.1, -0.05) is 25.3 Å². The van der Waals surface area contributed by atoms with E-state index in [4.69, 9.17) is 18.9 Å². The number of nitrogens with one attached hydrogen (secondary N) is 1. The van der Waals surface area contributed by atoms with Crippen molar-refractivity contribution < 1.29 is 57.9 Å². The van der Waals surface area contributed by atoms with Gasteiger partial charge in [0.05, 0.1) is 54.4 Å². The van der Waals surface area contributed by atoms with Gasteiger partial charge in [-0.15, -0.1) is 0 Å². The van der Waals surface area contributed by atoms with Crippen molar-refractivity contribution in [3.8, 4) is 11.5 Å². The van der Waals surface area contributed by atoms with Crippen LogP contribution in [0.25, 0.3) is 0 Å². The second-order valence-electron chi connectivity index (χ2n) is 15.7. The zero-order valence-electron chi connectivity index (χ0n) is 36.4. The number of benzene rings is 2. The summed E-state index contributed by atoms with van der Waals surface area (Å²) in [7, 11) is 0. The Bertz CT molecular complexity index is 1950. The Balaban J connectivity index is 0.000000273. The molecule has 3 N–H and O–H groups in total. The molecule has 2 aromatic carbocycles.